The summed E-state index contributed by atoms with van der Waals surface area (Å²) in [5.74, 6) is -0.458. The molecular weight excluding hydrogens is 422 g/mol. The number of hydrogen-bond acceptors (Lipinski definition) is 10. The van der Waals surface area contributed by atoms with Crippen molar-refractivity contribution in [2.24, 2.45) is 0 Å². The van der Waals surface area contributed by atoms with E-state index in [0.29, 0.717) is 19.8 Å². The third kappa shape index (κ3) is 20.4. The van der Waals surface area contributed by atoms with Gasteiger partial charge in [-0.3, -0.25) is 4.79 Å². The fourth-order valence-corrected chi connectivity index (χ4v) is 2.65. The molecule has 0 bridgehead atoms. The van der Waals surface area contributed by atoms with Crippen molar-refractivity contribution in [2.45, 2.75) is 44.8 Å². The molecule has 0 radical (unpaired) electrons. The Labute approximate surface area is 191 Å². The average molecular weight is 466 g/mol. The molecule has 0 aliphatic carbocycles. The Morgan fingerprint density at radius 2 is 1.59 bits per heavy atom. The highest BCUT2D eigenvalue weighted by Crippen LogP contribution is 1.98. The summed E-state index contributed by atoms with van der Waals surface area (Å²) in [6, 6.07) is 0. The zero-order valence-corrected chi connectivity index (χ0v) is 19.8. The smallest absolute Gasteiger partial charge is 0.407 e. The van der Waals surface area contributed by atoms with E-state index in [-0.39, 0.29) is 26.4 Å². The number of aliphatic hydroxyl groups excluding tert-OH is 2. The molecular formula is C21H43N3O8. The van der Waals surface area contributed by atoms with Crippen LogP contribution in [0, 0.1) is 0 Å². The van der Waals surface area contributed by atoms with Crippen molar-refractivity contribution in [1.29, 1.82) is 0 Å². The zero-order chi connectivity index (χ0) is 24.0. The van der Waals surface area contributed by atoms with Crippen molar-refractivity contribution in [2.75, 3.05) is 79.9 Å². The van der Waals surface area contributed by atoms with Crippen LogP contribution in [0.25, 0.3) is 0 Å². The molecule has 0 aromatic rings. The van der Waals surface area contributed by atoms with Crippen LogP contribution in [-0.4, -0.2) is 119 Å². The van der Waals surface area contributed by atoms with E-state index in [0.717, 1.165) is 45.3 Å². The molecule has 0 heterocycles. The number of aliphatic hydroxyl groups is 2. The number of amides is 1. The Morgan fingerprint density at radius 3 is 2.19 bits per heavy atom. The quantitative estimate of drug-likeness (QED) is 0.132. The second-order valence-corrected chi connectivity index (χ2v) is 7.56. The summed E-state index contributed by atoms with van der Waals surface area (Å²) >= 11 is 0. The third-order valence-corrected chi connectivity index (χ3v) is 4.34. The molecule has 4 N–H and O–H groups in total. The Hall–Kier alpha value is -1.50. The van der Waals surface area contributed by atoms with Crippen LogP contribution in [0.5, 0.6) is 0 Å². The van der Waals surface area contributed by atoms with E-state index in [1.54, 1.807) is 0 Å². The normalized spacial score (nSPS) is 13.1. The molecule has 2 unspecified atom stereocenters. The van der Waals surface area contributed by atoms with Crippen LogP contribution in [0.1, 0.15) is 32.6 Å². The van der Waals surface area contributed by atoms with Gasteiger partial charge in [0.25, 0.3) is 0 Å². The van der Waals surface area contributed by atoms with Crippen LogP contribution < -0.4 is 10.6 Å². The van der Waals surface area contributed by atoms with E-state index in [4.69, 9.17) is 24.1 Å². The topological polar surface area (TPSA) is 139 Å². The summed E-state index contributed by atoms with van der Waals surface area (Å²) in [5, 5.41) is 24.6. The van der Waals surface area contributed by atoms with E-state index in [1.807, 2.05) is 7.05 Å². The second-order valence-electron chi connectivity index (χ2n) is 7.56. The van der Waals surface area contributed by atoms with Crippen LogP contribution in [0.15, 0.2) is 0 Å². The lowest BCUT2D eigenvalue weighted by atomic mass is 10.3. The molecule has 0 aliphatic heterocycles. The van der Waals surface area contributed by atoms with Gasteiger partial charge in [-0.05, 0) is 59.4 Å². The van der Waals surface area contributed by atoms with Crippen molar-refractivity contribution in [1.82, 2.24) is 15.5 Å². The van der Waals surface area contributed by atoms with Crippen molar-refractivity contribution < 1.29 is 38.7 Å². The maximum absolute atomic E-state index is 11.6. The summed E-state index contributed by atoms with van der Waals surface area (Å²) in [5.41, 5.74) is 0. The number of nitrogens with zero attached hydrogens (tertiary/aromatic N) is 1. The monoisotopic (exact) mass is 465 g/mol. The Kier molecular flexibility index (Phi) is 20.4. The van der Waals surface area contributed by atoms with Gasteiger partial charge in [0.05, 0.1) is 19.8 Å². The lowest BCUT2D eigenvalue weighted by Crippen LogP contribution is -2.32. The minimum atomic E-state index is -0.885. The predicted octanol–water partition coefficient (Wildman–Crippen LogP) is -0.258. The molecule has 1 amide bonds. The number of hydrogen-bond donors (Lipinski definition) is 4. The zero-order valence-electron chi connectivity index (χ0n) is 19.8. The fourth-order valence-electron chi connectivity index (χ4n) is 2.65. The SMILES string of the molecule is CNCCCN(C)CCCNC(=O)OCC(O)COCCCCOCC(CO)OC(C)=O. The van der Waals surface area contributed by atoms with Crippen molar-refractivity contribution >= 4 is 12.1 Å². The second kappa shape index (κ2) is 21.4. The number of nitrogens with one attached hydrogen (secondary N) is 2. The fraction of sp³-hybridized carbons (Fsp3) is 0.905. The molecule has 0 fully saturated rings. The number of ether oxygens (including phenoxy) is 4. The first-order chi connectivity index (χ1) is 15.4. The van der Waals surface area contributed by atoms with Gasteiger partial charge in [0.1, 0.15) is 18.8 Å². The van der Waals surface area contributed by atoms with Gasteiger partial charge in [0.2, 0.25) is 0 Å². The highest BCUT2D eigenvalue weighted by Gasteiger charge is 2.11. The van der Waals surface area contributed by atoms with Gasteiger partial charge in [-0.15, -0.1) is 0 Å². The van der Waals surface area contributed by atoms with Crippen molar-refractivity contribution in [3.05, 3.63) is 0 Å². The maximum Gasteiger partial charge on any atom is 0.407 e. The molecule has 0 aromatic heterocycles. The highest BCUT2D eigenvalue weighted by atomic mass is 16.6. The molecule has 11 heteroatoms. The number of carbonyl (C=O) groups excluding carboxylic acids is 2. The van der Waals surface area contributed by atoms with E-state index in [9.17, 15) is 14.7 Å². The highest BCUT2D eigenvalue weighted by molar-refractivity contribution is 5.67. The maximum atomic E-state index is 11.6. The first kappa shape index (κ1) is 30.5. The van der Waals surface area contributed by atoms with Gasteiger partial charge in [-0.1, -0.05) is 0 Å². The molecule has 0 aliphatic rings. The van der Waals surface area contributed by atoms with Crippen LogP contribution in [-0.2, 0) is 23.7 Å². The predicted molar refractivity (Wildman–Crippen MR) is 120 cm³/mol. The Balaban J connectivity index is 3.52. The number of unbranched alkanes of at least 4 members (excludes halogenated alkanes) is 1. The minimum Gasteiger partial charge on any atom is -0.458 e. The first-order valence-electron chi connectivity index (χ1n) is 11.2. The number of esters is 1. The van der Waals surface area contributed by atoms with Crippen LogP contribution in [0.2, 0.25) is 0 Å². The van der Waals surface area contributed by atoms with Gasteiger partial charge >= 0.3 is 12.1 Å². The molecule has 32 heavy (non-hydrogen) atoms. The van der Waals surface area contributed by atoms with Crippen molar-refractivity contribution in [3.8, 4) is 0 Å². The Bertz CT molecular complexity index is 470. The first-order valence-corrected chi connectivity index (χ1v) is 11.2. The van der Waals surface area contributed by atoms with Crippen LogP contribution in [0.3, 0.4) is 0 Å². The molecule has 0 spiro atoms. The molecule has 0 rings (SSSR count). The third-order valence-electron chi connectivity index (χ3n) is 4.34. The van der Waals surface area contributed by atoms with Gasteiger partial charge in [0, 0.05) is 26.7 Å². The molecule has 11 nitrogen and oxygen atoms in total. The number of rotatable bonds is 21. The van der Waals surface area contributed by atoms with E-state index >= 15 is 0 Å². The van der Waals surface area contributed by atoms with Crippen LogP contribution >= 0.6 is 0 Å². The van der Waals surface area contributed by atoms with Gasteiger partial charge in [-0.2, -0.15) is 0 Å². The molecule has 0 saturated heterocycles. The summed E-state index contributed by atoms with van der Waals surface area (Å²) in [4.78, 5) is 24.7. The largest absolute Gasteiger partial charge is 0.458 e. The summed E-state index contributed by atoms with van der Waals surface area (Å²) in [6.07, 6.45) is 1.26. The summed E-state index contributed by atoms with van der Waals surface area (Å²) in [6.45, 7) is 5.36. The molecule has 0 aromatic carbocycles. The van der Waals surface area contributed by atoms with Gasteiger partial charge in [0.15, 0.2) is 0 Å². The molecule has 0 saturated carbocycles. The lowest BCUT2D eigenvalue weighted by Gasteiger charge is -2.16. The van der Waals surface area contributed by atoms with Crippen LogP contribution in [0.4, 0.5) is 4.79 Å². The van der Waals surface area contributed by atoms with Gasteiger partial charge in [-0.25, -0.2) is 4.79 Å². The minimum absolute atomic E-state index is 0.0740. The lowest BCUT2D eigenvalue weighted by molar-refractivity contribution is -0.152. The molecule has 190 valence electrons. The van der Waals surface area contributed by atoms with E-state index in [1.165, 1.54) is 6.92 Å². The summed E-state index contributed by atoms with van der Waals surface area (Å²) in [7, 11) is 3.98. The standard InChI is InChI=1S/C21H43N3O8/c1-18(26)32-20(14-25)17-30-13-5-4-12-29-15-19(27)16-31-21(28)23-9-7-11-24(3)10-6-8-22-2/h19-20,22,25,27H,4-17H2,1-3H3,(H,23,28). The number of carbonyl (C=O) groups is 2. The van der Waals surface area contributed by atoms with Gasteiger partial charge < -0.3 is 44.7 Å². The van der Waals surface area contributed by atoms with Crippen molar-refractivity contribution in [3.63, 3.8) is 0 Å². The number of alkyl carbamates (subject to hydrolysis) is 1. The average Bonchev–Trinajstić information content (AvgIpc) is 2.76. The summed E-state index contributed by atoms with van der Waals surface area (Å²) < 4.78 is 20.5. The van der Waals surface area contributed by atoms with E-state index < -0.39 is 24.3 Å². The van der Waals surface area contributed by atoms with E-state index in [2.05, 4.69) is 22.6 Å². The Morgan fingerprint density at radius 1 is 0.969 bits per heavy atom. The molecule has 2 atom stereocenters.